The third kappa shape index (κ3) is 6.54. The van der Waals surface area contributed by atoms with Gasteiger partial charge in [0.15, 0.2) is 5.13 Å². The molecule has 5 nitrogen and oxygen atoms in total. The highest BCUT2D eigenvalue weighted by molar-refractivity contribution is 7.15. The standard InChI is InChI=1S/C13H23N3O2S/c1-4-10(17)5-6-14-12(18)16-13-15-8-11(19-13)7-9(2)3/h8-10,17H,4-7H2,1-3H3,(H2,14,15,16,18)/t10-/m1/s1. The maximum atomic E-state index is 11.6. The van der Waals surface area contributed by atoms with Crippen LogP contribution < -0.4 is 10.6 Å². The van der Waals surface area contributed by atoms with E-state index >= 15 is 0 Å². The van der Waals surface area contributed by atoms with Crippen LogP contribution >= 0.6 is 11.3 Å². The zero-order valence-electron chi connectivity index (χ0n) is 11.8. The Kier molecular flexibility index (Phi) is 6.80. The predicted molar refractivity (Wildman–Crippen MR) is 78.6 cm³/mol. The Morgan fingerprint density at radius 2 is 2.26 bits per heavy atom. The van der Waals surface area contributed by atoms with E-state index in [0.717, 1.165) is 6.42 Å². The minimum absolute atomic E-state index is 0.270. The topological polar surface area (TPSA) is 74.2 Å². The molecule has 1 heterocycles. The minimum atomic E-state index is -0.349. The molecule has 0 fully saturated rings. The molecular formula is C13H23N3O2S. The highest BCUT2D eigenvalue weighted by Crippen LogP contribution is 2.20. The molecule has 0 saturated carbocycles. The van der Waals surface area contributed by atoms with E-state index in [4.69, 9.17) is 0 Å². The Hall–Kier alpha value is -1.14. The molecule has 0 unspecified atom stereocenters. The quantitative estimate of drug-likeness (QED) is 0.721. The van der Waals surface area contributed by atoms with E-state index in [1.807, 2.05) is 6.92 Å². The van der Waals surface area contributed by atoms with Crippen LogP contribution in [0.5, 0.6) is 0 Å². The summed E-state index contributed by atoms with van der Waals surface area (Å²) in [7, 11) is 0. The monoisotopic (exact) mass is 285 g/mol. The first-order valence-corrected chi connectivity index (χ1v) is 7.50. The Morgan fingerprint density at radius 3 is 2.89 bits per heavy atom. The van der Waals surface area contributed by atoms with Gasteiger partial charge in [0.25, 0.3) is 0 Å². The fraction of sp³-hybridized carbons (Fsp3) is 0.692. The summed E-state index contributed by atoms with van der Waals surface area (Å²) in [6.07, 6.45) is 3.71. The fourth-order valence-electron chi connectivity index (χ4n) is 1.56. The molecule has 0 bridgehead atoms. The van der Waals surface area contributed by atoms with Crippen molar-refractivity contribution in [2.24, 2.45) is 5.92 Å². The van der Waals surface area contributed by atoms with Gasteiger partial charge in [-0.3, -0.25) is 5.32 Å². The van der Waals surface area contributed by atoms with E-state index in [1.54, 1.807) is 6.20 Å². The van der Waals surface area contributed by atoms with Crippen LogP contribution in [0.3, 0.4) is 0 Å². The average Bonchev–Trinajstić information content (AvgIpc) is 2.75. The molecule has 2 amide bonds. The van der Waals surface area contributed by atoms with Gasteiger partial charge in [0.05, 0.1) is 6.10 Å². The summed E-state index contributed by atoms with van der Waals surface area (Å²) in [5.74, 6) is 0.581. The zero-order valence-corrected chi connectivity index (χ0v) is 12.6. The Balaban J connectivity index is 2.30. The maximum absolute atomic E-state index is 11.6. The number of hydrogen-bond acceptors (Lipinski definition) is 4. The van der Waals surface area contributed by atoms with Crippen LogP contribution in [0.15, 0.2) is 6.20 Å². The van der Waals surface area contributed by atoms with Gasteiger partial charge in [-0.15, -0.1) is 11.3 Å². The number of anilines is 1. The van der Waals surface area contributed by atoms with Crippen LogP contribution in [-0.4, -0.2) is 28.8 Å². The molecule has 1 aromatic heterocycles. The van der Waals surface area contributed by atoms with Gasteiger partial charge in [0.1, 0.15) is 0 Å². The number of nitrogens with one attached hydrogen (secondary N) is 2. The van der Waals surface area contributed by atoms with E-state index < -0.39 is 0 Å². The van der Waals surface area contributed by atoms with Gasteiger partial charge in [-0.2, -0.15) is 0 Å². The Morgan fingerprint density at radius 1 is 1.53 bits per heavy atom. The average molecular weight is 285 g/mol. The molecule has 1 aromatic rings. The summed E-state index contributed by atoms with van der Waals surface area (Å²) in [5.41, 5.74) is 0. The lowest BCUT2D eigenvalue weighted by Gasteiger charge is -2.08. The molecule has 19 heavy (non-hydrogen) atoms. The third-order valence-electron chi connectivity index (χ3n) is 2.62. The number of hydrogen-bond donors (Lipinski definition) is 3. The highest BCUT2D eigenvalue weighted by Gasteiger charge is 2.08. The van der Waals surface area contributed by atoms with Crippen molar-refractivity contribution in [3.8, 4) is 0 Å². The molecule has 0 aliphatic carbocycles. The molecule has 108 valence electrons. The van der Waals surface area contributed by atoms with Gasteiger partial charge in [-0.05, 0) is 25.2 Å². The second kappa shape index (κ2) is 8.12. The SMILES string of the molecule is CC[C@@H](O)CCNC(=O)Nc1ncc(CC(C)C)s1. The van der Waals surface area contributed by atoms with Crippen LogP contribution in [0.25, 0.3) is 0 Å². The Labute approximate surface area is 118 Å². The fourth-order valence-corrected chi connectivity index (χ4v) is 2.58. The molecule has 6 heteroatoms. The lowest BCUT2D eigenvalue weighted by atomic mass is 10.1. The number of carbonyl (C=O) groups excluding carboxylic acids is 1. The minimum Gasteiger partial charge on any atom is -0.393 e. The number of rotatable bonds is 7. The largest absolute Gasteiger partial charge is 0.393 e. The van der Waals surface area contributed by atoms with E-state index in [2.05, 4.69) is 29.5 Å². The lowest BCUT2D eigenvalue weighted by molar-refractivity contribution is 0.160. The number of aliphatic hydroxyl groups excluding tert-OH is 1. The van der Waals surface area contributed by atoms with Crippen molar-refractivity contribution >= 4 is 22.5 Å². The molecule has 1 rings (SSSR count). The molecule has 1 atom stereocenters. The number of aliphatic hydroxyl groups is 1. The molecular weight excluding hydrogens is 262 g/mol. The first-order valence-electron chi connectivity index (χ1n) is 6.68. The molecule has 0 aromatic carbocycles. The number of amides is 2. The summed E-state index contributed by atoms with van der Waals surface area (Å²) in [5, 5.41) is 15.4. The van der Waals surface area contributed by atoms with E-state index in [9.17, 15) is 9.90 Å². The van der Waals surface area contributed by atoms with E-state index in [1.165, 1.54) is 16.2 Å². The van der Waals surface area contributed by atoms with Crippen LogP contribution in [0.1, 0.15) is 38.5 Å². The molecule has 0 aliphatic heterocycles. The highest BCUT2D eigenvalue weighted by atomic mass is 32.1. The molecule has 0 aliphatic rings. The van der Waals surface area contributed by atoms with E-state index in [-0.39, 0.29) is 12.1 Å². The third-order valence-corrected chi connectivity index (χ3v) is 3.55. The summed E-state index contributed by atoms with van der Waals surface area (Å²) in [6.45, 7) is 6.68. The molecule has 0 saturated heterocycles. The molecule has 0 radical (unpaired) electrons. The van der Waals surface area contributed by atoms with Crippen molar-refractivity contribution in [3.63, 3.8) is 0 Å². The zero-order chi connectivity index (χ0) is 14.3. The Bertz CT molecular complexity index is 393. The number of nitrogens with zero attached hydrogens (tertiary/aromatic N) is 1. The second-order valence-corrected chi connectivity index (χ2v) is 6.08. The number of aromatic nitrogens is 1. The molecule has 3 N–H and O–H groups in total. The van der Waals surface area contributed by atoms with Gasteiger partial charge in [0, 0.05) is 17.6 Å². The van der Waals surface area contributed by atoms with Crippen LogP contribution in [-0.2, 0) is 6.42 Å². The predicted octanol–water partition coefficient (Wildman–Crippen LogP) is 2.62. The van der Waals surface area contributed by atoms with Crippen molar-refractivity contribution in [2.45, 2.75) is 46.1 Å². The smallest absolute Gasteiger partial charge is 0.321 e. The van der Waals surface area contributed by atoms with Gasteiger partial charge < -0.3 is 10.4 Å². The normalized spacial score (nSPS) is 12.5. The van der Waals surface area contributed by atoms with Gasteiger partial charge in [-0.1, -0.05) is 20.8 Å². The summed E-state index contributed by atoms with van der Waals surface area (Å²) < 4.78 is 0. The summed E-state index contributed by atoms with van der Waals surface area (Å²) in [6, 6.07) is -0.270. The second-order valence-electron chi connectivity index (χ2n) is 4.96. The number of thiazole rings is 1. The van der Waals surface area contributed by atoms with Crippen LogP contribution in [0, 0.1) is 5.92 Å². The first-order chi connectivity index (χ1) is 9.01. The summed E-state index contributed by atoms with van der Waals surface area (Å²) in [4.78, 5) is 16.9. The molecule has 0 spiro atoms. The van der Waals surface area contributed by atoms with Gasteiger partial charge >= 0.3 is 6.03 Å². The first kappa shape index (κ1) is 15.9. The van der Waals surface area contributed by atoms with Crippen LogP contribution in [0.2, 0.25) is 0 Å². The lowest BCUT2D eigenvalue weighted by Crippen LogP contribution is -2.31. The van der Waals surface area contributed by atoms with Gasteiger partial charge in [-0.25, -0.2) is 9.78 Å². The van der Waals surface area contributed by atoms with Crippen molar-refractivity contribution < 1.29 is 9.90 Å². The maximum Gasteiger partial charge on any atom is 0.321 e. The van der Waals surface area contributed by atoms with Crippen molar-refractivity contribution in [1.29, 1.82) is 0 Å². The number of carbonyl (C=O) groups is 1. The van der Waals surface area contributed by atoms with Gasteiger partial charge in [0.2, 0.25) is 0 Å². The number of urea groups is 1. The van der Waals surface area contributed by atoms with Crippen molar-refractivity contribution in [3.05, 3.63) is 11.1 Å². The summed E-state index contributed by atoms with van der Waals surface area (Å²) >= 11 is 1.50. The van der Waals surface area contributed by atoms with Crippen molar-refractivity contribution in [2.75, 3.05) is 11.9 Å². The van der Waals surface area contributed by atoms with E-state index in [0.29, 0.717) is 30.4 Å². The van der Waals surface area contributed by atoms with Crippen LogP contribution in [0.4, 0.5) is 9.93 Å². The van der Waals surface area contributed by atoms with Crippen molar-refractivity contribution in [1.82, 2.24) is 10.3 Å².